The molecule has 0 saturated carbocycles. The lowest BCUT2D eigenvalue weighted by atomic mass is 9.99. The minimum absolute atomic E-state index is 0.0413. The van der Waals surface area contributed by atoms with Gasteiger partial charge in [0.05, 0.1) is 12.1 Å². The van der Waals surface area contributed by atoms with Gasteiger partial charge in [-0.1, -0.05) is 24.3 Å². The van der Waals surface area contributed by atoms with Crippen molar-refractivity contribution in [1.82, 2.24) is 5.43 Å². The molecule has 20 heavy (non-hydrogen) atoms. The molecule has 2 aromatic carbocycles. The zero-order valence-electron chi connectivity index (χ0n) is 11.6. The van der Waals surface area contributed by atoms with Crippen LogP contribution in [0, 0.1) is 3.57 Å². The van der Waals surface area contributed by atoms with Crippen molar-refractivity contribution in [2.75, 3.05) is 0 Å². The van der Waals surface area contributed by atoms with Gasteiger partial charge in [-0.25, -0.2) is 5.43 Å². The lowest BCUT2D eigenvalue weighted by molar-refractivity contribution is 0.242. The highest BCUT2D eigenvalue weighted by molar-refractivity contribution is 14.1. The number of nitrogens with one attached hydrogen (secondary N) is 1. The highest BCUT2D eigenvalue weighted by Crippen LogP contribution is 2.26. The first-order valence-electron chi connectivity index (χ1n) is 6.58. The van der Waals surface area contributed by atoms with Crippen LogP contribution in [0.15, 0.2) is 48.5 Å². The molecule has 1 unspecified atom stereocenters. The van der Waals surface area contributed by atoms with E-state index in [1.54, 1.807) is 0 Å². The molecule has 0 aliphatic carbocycles. The summed E-state index contributed by atoms with van der Waals surface area (Å²) in [6.45, 7) is 4.04. The molecule has 3 nitrogen and oxygen atoms in total. The number of hydrogen-bond acceptors (Lipinski definition) is 3. The summed E-state index contributed by atoms with van der Waals surface area (Å²) in [4.78, 5) is 0. The second kappa shape index (κ2) is 7.06. The van der Waals surface area contributed by atoms with Gasteiger partial charge in [0, 0.05) is 3.57 Å². The second-order valence-electron chi connectivity index (χ2n) is 4.89. The molecule has 0 saturated heterocycles. The summed E-state index contributed by atoms with van der Waals surface area (Å²) in [7, 11) is 0. The van der Waals surface area contributed by atoms with Gasteiger partial charge in [-0.05, 0) is 71.8 Å². The smallest absolute Gasteiger partial charge is 0.120 e. The van der Waals surface area contributed by atoms with E-state index in [-0.39, 0.29) is 12.1 Å². The Morgan fingerprint density at radius 3 is 2.30 bits per heavy atom. The number of hydrogen-bond donors (Lipinski definition) is 2. The maximum absolute atomic E-state index is 5.74. The van der Waals surface area contributed by atoms with E-state index in [1.807, 2.05) is 38.1 Å². The Morgan fingerprint density at radius 1 is 1.05 bits per heavy atom. The van der Waals surface area contributed by atoms with Gasteiger partial charge in [0.2, 0.25) is 0 Å². The number of halogens is 1. The van der Waals surface area contributed by atoms with Crippen molar-refractivity contribution in [1.29, 1.82) is 0 Å². The van der Waals surface area contributed by atoms with E-state index in [9.17, 15) is 0 Å². The van der Waals surface area contributed by atoms with Gasteiger partial charge in [-0.2, -0.15) is 0 Å². The van der Waals surface area contributed by atoms with E-state index in [2.05, 4.69) is 52.3 Å². The quantitative estimate of drug-likeness (QED) is 0.472. The number of rotatable bonds is 5. The number of nitrogens with two attached hydrogens (primary N) is 1. The van der Waals surface area contributed by atoms with Crippen LogP contribution in [0.25, 0.3) is 0 Å². The Bertz CT molecular complexity index is 572. The van der Waals surface area contributed by atoms with Crippen LogP contribution >= 0.6 is 22.6 Å². The monoisotopic (exact) mass is 382 g/mol. The Labute approximate surface area is 133 Å². The zero-order valence-corrected chi connectivity index (χ0v) is 13.8. The summed E-state index contributed by atoms with van der Waals surface area (Å²) in [5.41, 5.74) is 5.11. The Hall–Kier alpha value is -1.11. The Kier molecular flexibility index (Phi) is 5.39. The summed E-state index contributed by atoms with van der Waals surface area (Å²) in [6, 6.07) is 16.3. The van der Waals surface area contributed by atoms with Crippen LogP contribution in [0.1, 0.15) is 31.0 Å². The standard InChI is InChI=1S/C16H19IN2O/c1-11(2)20-15-8-4-6-13(10-15)16(19-18)12-5-3-7-14(17)9-12/h3-11,16,19H,18H2,1-2H3. The van der Waals surface area contributed by atoms with E-state index in [0.717, 1.165) is 16.9 Å². The molecule has 0 radical (unpaired) electrons. The summed E-state index contributed by atoms with van der Waals surface area (Å²) in [5.74, 6) is 6.61. The van der Waals surface area contributed by atoms with Crippen molar-refractivity contribution in [3.05, 3.63) is 63.2 Å². The van der Waals surface area contributed by atoms with Crippen molar-refractivity contribution in [3.63, 3.8) is 0 Å². The lowest BCUT2D eigenvalue weighted by Crippen LogP contribution is -2.28. The van der Waals surface area contributed by atoms with E-state index in [0.29, 0.717) is 0 Å². The molecule has 0 aliphatic heterocycles. The highest BCUT2D eigenvalue weighted by Gasteiger charge is 2.13. The molecule has 0 bridgehead atoms. The molecule has 4 heteroatoms. The van der Waals surface area contributed by atoms with Gasteiger partial charge >= 0.3 is 0 Å². The average molecular weight is 382 g/mol. The molecule has 3 N–H and O–H groups in total. The van der Waals surface area contributed by atoms with Gasteiger partial charge in [0.15, 0.2) is 0 Å². The zero-order chi connectivity index (χ0) is 14.5. The van der Waals surface area contributed by atoms with E-state index in [1.165, 1.54) is 3.57 Å². The molecule has 0 aliphatic rings. The van der Waals surface area contributed by atoms with Crippen molar-refractivity contribution in [2.24, 2.45) is 5.84 Å². The van der Waals surface area contributed by atoms with Crippen molar-refractivity contribution < 1.29 is 4.74 Å². The molecule has 0 fully saturated rings. The Balaban J connectivity index is 2.32. The summed E-state index contributed by atoms with van der Waals surface area (Å²) in [6.07, 6.45) is 0.159. The summed E-state index contributed by atoms with van der Waals surface area (Å²) >= 11 is 2.30. The topological polar surface area (TPSA) is 47.3 Å². The highest BCUT2D eigenvalue weighted by atomic mass is 127. The lowest BCUT2D eigenvalue weighted by Gasteiger charge is -2.19. The third kappa shape index (κ3) is 3.94. The maximum atomic E-state index is 5.74. The molecule has 106 valence electrons. The minimum atomic E-state index is -0.0413. The van der Waals surface area contributed by atoms with Crippen LogP contribution in [0.3, 0.4) is 0 Å². The summed E-state index contributed by atoms with van der Waals surface area (Å²) in [5, 5.41) is 0. The minimum Gasteiger partial charge on any atom is -0.491 e. The molecular weight excluding hydrogens is 363 g/mol. The fourth-order valence-corrected chi connectivity index (χ4v) is 2.68. The number of benzene rings is 2. The van der Waals surface area contributed by atoms with Crippen LogP contribution in [0.5, 0.6) is 5.75 Å². The molecular formula is C16H19IN2O. The first-order chi connectivity index (χ1) is 9.60. The fourth-order valence-electron chi connectivity index (χ4n) is 2.11. The van der Waals surface area contributed by atoms with Crippen LogP contribution in [0.2, 0.25) is 0 Å². The summed E-state index contributed by atoms with van der Waals surface area (Å²) < 4.78 is 6.93. The van der Waals surface area contributed by atoms with Gasteiger partial charge in [-0.3, -0.25) is 5.84 Å². The van der Waals surface area contributed by atoms with Gasteiger partial charge < -0.3 is 4.74 Å². The number of hydrazine groups is 1. The van der Waals surface area contributed by atoms with Gasteiger partial charge in [0.25, 0.3) is 0 Å². The predicted molar refractivity (Wildman–Crippen MR) is 90.5 cm³/mol. The molecule has 0 amide bonds. The largest absolute Gasteiger partial charge is 0.491 e. The first kappa shape index (κ1) is 15.3. The van der Waals surface area contributed by atoms with Gasteiger partial charge in [-0.15, -0.1) is 0 Å². The molecule has 1 atom stereocenters. The third-order valence-electron chi connectivity index (χ3n) is 2.91. The van der Waals surface area contributed by atoms with Crippen LogP contribution in [0.4, 0.5) is 0 Å². The molecule has 2 rings (SSSR count). The molecule has 0 heterocycles. The predicted octanol–water partition coefficient (Wildman–Crippen LogP) is 3.63. The first-order valence-corrected chi connectivity index (χ1v) is 7.66. The van der Waals surface area contributed by atoms with Crippen LogP contribution < -0.4 is 16.0 Å². The van der Waals surface area contributed by atoms with Crippen molar-refractivity contribution in [2.45, 2.75) is 26.0 Å². The molecule has 0 aromatic heterocycles. The molecule has 0 spiro atoms. The average Bonchev–Trinajstić information content (AvgIpc) is 2.39. The van der Waals surface area contributed by atoms with Gasteiger partial charge in [0.1, 0.15) is 5.75 Å². The number of ether oxygens (including phenoxy) is 1. The van der Waals surface area contributed by atoms with E-state index in [4.69, 9.17) is 10.6 Å². The van der Waals surface area contributed by atoms with Crippen molar-refractivity contribution >= 4 is 22.6 Å². The third-order valence-corrected chi connectivity index (χ3v) is 3.58. The van der Waals surface area contributed by atoms with Crippen molar-refractivity contribution in [3.8, 4) is 5.75 Å². The SMILES string of the molecule is CC(C)Oc1cccc(C(NN)c2cccc(I)c2)c1. The second-order valence-corrected chi connectivity index (χ2v) is 6.14. The molecule has 2 aromatic rings. The van der Waals surface area contributed by atoms with Crippen LogP contribution in [-0.2, 0) is 0 Å². The Morgan fingerprint density at radius 2 is 1.70 bits per heavy atom. The van der Waals surface area contributed by atoms with E-state index < -0.39 is 0 Å². The van der Waals surface area contributed by atoms with Crippen LogP contribution in [-0.4, -0.2) is 6.10 Å². The maximum Gasteiger partial charge on any atom is 0.120 e. The normalized spacial score (nSPS) is 12.4. The fraction of sp³-hybridized carbons (Fsp3) is 0.250. The van der Waals surface area contributed by atoms with E-state index >= 15 is 0 Å².